The van der Waals surface area contributed by atoms with Gasteiger partial charge in [-0.25, -0.2) is 4.98 Å². The fraction of sp³-hybridized carbons (Fsp3) is 0.574. The number of benzene rings is 1. The van der Waals surface area contributed by atoms with Gasteiger partial charge in [-0.3, -0.25) is 77.0 Å². The highest BCUT2D eigenvalue weighted by atomic mass is 32.1. The van der Waals surface area contributed by atoms with E-state index in [0.29, 0.717) is 12.0 Å². The molecule has 3 heterocycles. The van der Waals surface area contributed by atoms with Gasteiger partial charge in [-0.1, -0.05) is 47.1 Å². The number of carboxylic acid groups (broad SMARTS) is 1. The number of nitrogens with one attached hydrogen (secondary N) is 6. The van der Waals surface area contributed by atoms with Crippen molar-refractivity contribution in [2.75, 3.05) is 52.6 Å². The molecular formula is C61H87N11O16S. The lowest BCUT2D eigenvalue weighted by Gasteiger charge is -2.38. The summed E-state index contributed by atoms with van der Waals surface area (Å²) in [6.45, 7) is 13.4. The molecule has 7 atom stereocenters. The van der Waals surface area contributed by atoms with Crippen molar-refractivity contribution in [2.24, 2.45) is 17.8 Å². The van der Waals surface area contributed by atoms with Crippen molar-refractivity contribution in [3.8, 4) is 5.75 Å². The Morgan fingerprint density at radius 2 is 1.35 bits per heavy atom. The van der Waals surface area contributed by atoms with Gasteiger partial charge in [-0.2, -0.15) is 0 Å². The van der Waals surface area contributed by atoms with Crippen LogP contribution in [0.1, 0.15) is 147 Å². The molecule has 0 aliphatic carbocycles. The van der Waals surface area contributed by atoms with Crippen molar-refractivity contribution in [1.82, 2.24) is 51.2 Å². The van der Waals surface area contributed by atoms with E-state index in [4.69, 9.17) is 4.74 Å². The highest BCUT2D eigenvalue weighted by Gasteiger charge is 2.39. The van der Waals surface area contributed by atoms with Crippen LogP contribution in [0.4, 0.5) is 5.69 Å². The van der Waals surface area contributed by atoms with Gasteiger partial charge >= 0.3 is 11.9 Å². The molecule has 0 spiro atoms. The van der Waals surface area contributed by atoms with E-state index >= 15 is 0 Å². The molecule has 1 aromatic heterocycles. The first-order valence-electron chi connectivity index (χ1n) is 29.8. The molecule has 1 unspecified atom stereocenters. The van der Waals surface area contributed by atoms with Gasteiger partial charge in [0, 0.05) is 108 Å². The minimum atomic E-state index is -1.30. The van der Waals surface area contributed by atoms with E-state index in [-0.39, 0.29) is 136 Å². The number of phenolic OH excluding ortho intramolecular Hbond substituents is 1. The molecular weight excluding hydrogens is 1170 g/mol. The molecule has 0 fully saturated rings. The van der Waals surface area contributed by atoms with Gasteiger partial charge in [0.25, 0.3) is 29.5 Å². The number of carboxylic acids is 1. The van der Waals surface area contributed by atoms with E-state index in [0.717, 1.165) is 45.4 Å². The van der Waals surface area contributed by atoms with E-state index in [9.17, 15) is 72.5 Å². The molecule has 89 heavy (non-hydrogen) atoms. The van der Waals surface area contributed by atoms with Gasteiger partial charge in [0.1, 0.15) is 28.5 Å². The lowest BCUT2D eigenvalue weighted by molar-refractivity contribution is -0.149. The number of thiazole rings is 1. The maximum absolute atomic E-state index is 14.3. The van der Waals surface area contributed by atoms with Crippen LogP contribution in [0.2, 0.25) is 0 Å². The third-order valence-electron chi connectivity index (χ3n) is 15.8. The Labute approximate surface area is 522 Å². The van der Waals surface area contributed by atoms with Crippen LogP contribution in [0, 0.1) is 17.8 Å². The summed E-state index contributed by atoms with van der Waals surface area (Å²) < 4.78 is 5.79. The summed E-state index contributed by atoms with van der Waals surface area (Å²) in [5.41, 5.74) is -0.275. The number of likely N-dealkylation sites (N-methyl/N-ethyl adjacent to an activating group) is 2. The van der Waals surface area contributed by atoms with Crippen molar-refractivity contribution < 1.29 is 77.3 Å². The highest BCUT2D eigenvalue weighted by Crippen LogP contribution is 2.32. The number of aromatic nitrogens is 1. The summed E-state index contributed by atoms with van der Waals surface area (Å²) >= 11 is 1.07. The van der Waals surface area contributed by atoms with Crippen LogP contribution in [-0.2, 0) is 68.7 Å². The third kappa shape index (κ3) is 22.3. The molecule has 0 radical (unpaired) electrons. The number of rotatable bonds is 37. The Balaban J connectivity index is 1.38. The number of anilines is 1. The van der Waals surface area contributed by atoms with E-state index in [1.165, 1.54) is 31.4 Å². The second-order valence-electron chi connectivity index (χ2n) is 23.4. The predicted molar refractivity (Wildman–Crippen MR) is 327 cm³/mol. The number of nitrogens with zero attached hydrogens (tertiary/aromatic N) is 5. The molecule has 27 nitrogen and oxygen atoms in total. The molecule has 0 saturated heterocycles. The topological polar surface area (TPSA) is 370 Å². The average Bonchev–Trinajstić information content (AvgIpc) is 3.62. The fourth-order valence-electron chi connectivity index (χ4n) is 9.51. The number of carbonyl (C=O) groups excluding carboxylic acids is 12. The maximum Gasteiger partial charge on any atom is 0.306 e. The lowest BCUT2D eigenvalue weighted by atomic mass is 9.92. The first kappa shape index (κ1) is 73.1. The number of phenols is 1. The average molecular weight is 1260 g/mol. The number of ether oxygens (including phenoxy) is 1. The Kier molecular flexibility index (Phi) is 28.2. The molecule has 2 aliphatic rings. The van der Waals surface area contributed by atoms with Crippen molar-refractivity contribution in [1.29, 1.82) is 0 Å². The number of esters is 1. The summed E-state index contributed by atoms with van der Waals surface area (Å²) in [6, 6.07) is 1.10. The maximum atomic E-state index is 14.3. The summed E-state index contributed by atoms with van der Waals surface area (Å²) in [5, 5.41) is 38.7. The van der Waals surface area contributed by atoms with Crippen molar-refractivity contribution in [3.05, 3.63) is 64.1 Å². The standard InChI is InChI=1S/C61H87N11O16S/c1-12-36(4)54(68-60(87)61(7,8)69(9)10)58(84)70(11)44(35(2)3)32-46(88-38(6)73)57-67-43(34-89-57)56(83)64-40(30-37(5)59(85)86)21-19-39-20-22-45(74)41(31-39)65-48(76)16-13-27-62-55(82)42(66-49(77)18-15-29-72-52(80)25-26-53(72)81)33-63-47(75)17-14-28-71-50(78)23-24-51(71)79/h20,22-26,31,34-37,40,42,44,46,54,74H,12-19,21,27-30,32-33H2,1-11H3,(H,62,82)(H,63,75)(H,64,83)(H,65,76)(H,66,77)(H,68,87)(H,85,86)/t36-,37?,40-,42-,44+,46+,54+/m0/s1. The number of aryl methyl sites for hydroxylation is 1. The number of carbonyl (C=O) groups is 13. The highest BCUT2D eigenvalue weighted by molar-refractivity contribution is 7.09. The molecule has 0 saturated carbocycles. The molecule has 1 aromatic carbocycles. The van der Waals surface area contributed by atoms with Crippen LogP contribution in [0.3, 0.4) is 0 Å². The number of amides is 11. The van der Waals surface area contributed by atoms with Crippen LogP contribution in [0.5, 0.6) is 5.75 Å². The van der Waals surface area contributed by atoms with E-state index in [1.807, 2.05) is 27.7 Å². The van der Waals surface area contributed by atoms with Crippen molar-refractivity contribution >= 4 is 93.9 Å². The number of hydrogen-bond acceptors (Lipinski definition) is 18. The summed E-state index contributed by atoms with van der Waals surface area (Å²) in [4.78, 5) is 176. The van der Waals surface area contributed by atoms with Gasteiger partial charge in [-0.05, 0) is 96.0 Å². The molecule has 2 aliphatic heterocycles. The SMILES string of the molecule is CC[C@H](C)[C@@H](NC(=O)C(C)(C)N(C)C)C(=O)N(C)[C@H](C[C@@H](OC(C)=O)c1nc(C(=O)N[C@@H](CCc2ccc(O)c(NC(=O)CCCNC(=O)[C@H](CNC(=O)CCCN3C(=O)C=CC3=O)NC(=O)CCCN3C(=O)C=CC3=O)c2)CC(C)C(=O)O)cs1)C(C)C. The molecule has 2 aromatic rings. The first-order chi connectivity index (χ1) is 41.8. The fourth-order valence-corrected chi connectivity index (χ4v) is 10.4. The Hall–Kier alpha value is -8.40. The number of hydrogen-bond donors (Lipinski definition) is 8. The zero-order valence-electron chi connectivity index (χ0n) is 52.6. The quantitative estimate of drug-likeness (QED) is 0.0209. The third-order valence-corrected chi connectivity index (χ3v) is 16.7. The number of imide groups is 2. The summed E-state index contributed by atoms with van der Waals surface area (Å²) in [5.74, 6) is -8.96. The zero-order chi connectivity index (χ0) is 66.4. The zero-order valence-corrected chi connectivity index (χ0v) is 53.4. The smallest absolute Gasteiger partial charge is 0.306 e. The van der Waals surface area contributed by atoms with Gasteiger partial charge in [-0.15, -0.1) is 11.3 Å². The van der Waals surface area contributed by atoms with E-state index in [1.54, 1.807) is 50.9 Å². The van der Waals surface area contributed by atoms with Gasteiger partial charge in [0.05, 0.1) is 17.1 Å². The van der Waals surface area contributed by atoms with E-state index in [2.05, 4.69) is 36.9 Å². The second kappa shape index (κ2) is 34.4. The minimum absolute atomic E-state index is 0.0108. The molecule has 8 N–H and O–H groups in total. The largest absolute Gasteiger partial charge is 0.506 e. The van der Waals surface area contributed by atoms with Gasteiger partial charge < -0.3 is 51.8 Å². The molecule has 4 rings (SSSR count). The van der Waals surface area contributed by atoms with Crippen LogP contribution < -0.4 is 31.9 Å². The van der Waals surface area contributed by atoms with Crippen molar-refractivity contribution in [3.63, 3.8) is 0 Å². The minimum Gasteiger partial charge on any atom is -0.506 e. The normalized spacial score (nSPS) is 15.5. The molecule has 11 amide bonds. The number of aromatic hydroxyl groups is 1. The monoisotopic (exact) mass is 1260 g/mol. The van der Waals surface area contributed by atoms with Crippen LogP contribution in [0.15, 0.2) is 47.9 Å². The van der Waals surface area contributed by atoms with Crippen LogP contribution in [-0.4, -0.2) is 189 Å². The Morgan fingerprint density at radius 3 is 1.90 bits per heavy atom. The first-order valence-corrected chi connectivity index (χ1v) is 30.7. The molecule has 488 valence electrons. The van der Waals surface area contributed by atoms with Crippen molar-refractivity contribution in [2.45, 2.75) is 162 Å². The Morgan fingerprint density at radius 1 is 0.764 bits per heavy atom. The predicted octanol–water partition coefficient (Wildman–Crippen LogP) is 2.89. The molecule has 0 bridgehead atoms. The Bertz CT molecular complexity index is 2960. The summed E-state index contributed by atoms with van der Waals surface area (Å²) in [6.07, 6.45) is 4.52. The molecule has 28 heteroatoms. The second-order valence-corrected chi connectivity index (χ2v) is 24.3. The van der Waals surface area contributed by atoms with Crippen LogP contribution in [0.25, 0.3) is 0 Å². The number of aliphatic carboxylic acids is 1. The van der Waals surface area contributed by atoms with Gasteiger partial charge in [0.2, 0.25) is 35.4 Å². The lowest BCUT2D eigenvalue weighted by Crippen LogP contribution is -2.60. The summed E-state index contributed by atoms with van der Waals surface area (Å²) in [7, 11) is 5.20. The van der Waals surface area contributed by atoms with Gasteiger partial charge in [0.15, 0.2) is 6.10 Å². The van der Waals surface area contributed by atoms with Crippen LogP contribution >= 0.6 is 11.3 Å². The van der Waals surface area contributed by atoms with E-state index < -0.39 is 107 Å².